The van der Waals surface area contributed by atoms with E-state index in [9.17, 15) is 67.7 Å². The Kier molecular flexibility index (Phi) is 30.7. The topological polar surface area (TPSA) is 463 Å². The third-order valence-electron chi connectivity index (χ3n) is 16.1. The lowest BCUT2D eigenvalue weighted by Crippen LogP contribution is -2.63. The summed E-state index contributed by atoms with van der Waals surface area (Å²) < 4.78 is 5.73. The predicted octanol–water partition coefficient (Wildman–Crippen LogP) is -4.26. The van der Waals surface area contributed by atoms with Crippen LogP contribution in [0.5, 0.6) is 0 Å². The molecule has 1 aromatic rings. The fraction of sp³-hybridized carbons (Fsp3) is 0.672. The molecule has 1 fully saturated rings. The molecule has 18 N–H and O–H groups in total. The number of nitrogens with two attached hydrogens (primary N) is 2. The molecule has 0 aliphatic carbocycles. The van der Waals surface area contributed by atoms with Crippen molar-refractivity contribution in [1.29, 1.82) is 0 Å². The molecular formula is C58H95N15O15. The van der Waals surface area contributed by atoms with Gasteiger partial charge in [0.25, 0.3) is 0 Å². The van der Waals surface area contributed by atoms with Gasteiger partial charge in [-0.15, -0.1) is 0 Å². The van der Waals surface area contributed by atoms with Gasteiger partial charge in [0, 0.05) is 6.42 Å². The fourth-order valence-electron chi connectivity index (χ4n) is 9.49. The molecule has 492 valence electrons. The Balaban J connectivity index is 1.85. The molecule has 1 aromatic carbocycles. The molecule has 0 saturated carbocycles. The summed E-state index contributed by atoms with van der Waals surface area (Å²) in [5.41, 5.74) is 12.1. The van der Waals surface area contributed by atoms with Crippen LogP contribution in [0.4, 0.5) is 0 Å². The minimum Gasteiger partial charge on any atom is -0.458 e. The fourth-order valence-corrected chi connectivity index (χ4v) is 9.49. The quantitative estimate of drug-likeness (QED) is 0.0304. The number of carbonyl (C=O) groups is 12. The summed E-state index contributed by atoms with van der Waals surface area (Å²) in [5, 5.41) is 52.3. The van der Waals surface area contributed by atoms with Gasteiger partial charge in [-0.3, -0.25) is 57.7 Å². The largest absolute Gasteiger partial charge is 0.458 e. The third-order valence-corrected chi connectivity index (χ3v) is 16.1. The van der Waals surface area contributed by atoms with Gasteiger partial charge >= 0.3 is 5.97 Å². The standard InChI is InChI=1S/C58H95N15O15/c1-12-28(5)42(70-49(79)37(61-11)23-34-19-17-16-18-20-34)53(83)67-39(26-74)51(81)65-36(21-22-41(59)76)48(78)69-44(30(7)14-3)55(85)71-43(29(6)13-2)54(84)68-40(27-75)52(82)73-46-33(10)88-57(87)45(31(8)15-4)72-50(80)38(24-35-25-62-58(60)64-35)66-47(77)32(9)63-56(46)86/h16-20,28-33,35-40,42-46,61,74-75H,12-15,21-27H2,1-11H3,(H2,59,76)(H,63,86)(H,65,81)(H,66,77)(H,67,83)(H,68,84)(H,69,78)(H,70,79)(H,71,85)(H,72,80)(H,73,82)(H3,60,62,64)/t28-,29-,30+,31-,32-,33?,35-,36+,37+,38-,39-,40-,42-,43-,44+,45-,46?/m0/s1. The lowest BCUT2D eigenvalue weighted by Gasteiger charge is -2.31. The van der Waals surface area contributed by atoms with E-state index in [4.69, 9.17) is 16.2 Å². The first-order valence-electron chi connectivity index (χ1n) is 30.1. The van der Waals surface area contributed by atoms with Gasteiger partial charge < -0.3 is 90.2 Å². The zero-order valence-electron chi connectivity index (χ0n) is 52.3. The molecular weight excluding hydrogens is 1150 g/mol. The molecule has 0 aromatic heterocycles. The van der Waals surface area contributed by atoms with E-state index in [1.807, 2.05) is 30.3 Å². The highest BCUT2D eigenvalue weighted by atomic mass is 16.5. The Morgan fingerprint density at radius 2 is 1.11 bits per heavy atom. The van der Waals surface area contributed by atoms with E-state index in [2.05, 4.69) is 68.8 Å². The van der Waals surface area contributed by atoms with E-state index in [0.29, 0.717) is 19.3 Å². The van der Waals surface area contributed by atoms with Gasteiger partial charge in [-0.25, -0.2) is 4.79 Å². The number of primary amides is 1. The molecule has 2 heterocycles. The zero-order valence-corrected chi connectivity index (χ0v) is 52.3. The molecule has 0 spiro atoms. The van der Waals surface area contributed by atoms with Gasteiger partial charge in [0.05, 0.1) is 31.8 Å². The maximum absolute atomic E-state index is 14.4. The number of nitrogens with zero attached hydrogens (tertiary/aromatic N) is 1. The number of hydrogen-bond acceptors (Lipinski definition) is 19. The summed E-state index contributed by atoms with van der Waals surface area (Å²) >= 11 is 0. The van der Waals surface area contributed by atoms with Crippen molar-refractivity contribution in [3.05, 3.63) is 35.9 Å². The van der Waals surface area contributed by atoms with Gasteiger partial charge in [-0.1, -0.05) is 111 Å². The number of esters is 1. The summed E-state index contributed by atoms with van der Waals surface area (Å²) in [6.45, 7) is 14.3. The normalized spacial score (nSPS) is 22.7. The number of benzene rings is 1. The molecule has 17 atom stereocenters. The number of amides is 11. The second kappa shape index (κ2) is 36.4. The lowest BCUT2D eigenvalue weighted by molar-refractivity contribution is -0.157. The smallest absolute Gasteiger partial charge is 0.329 e. The van der Waals surface area contributed by atoms with Gasteiger partial charge in [-0.2, -0.15) is 0 Å². The first kappa shape index (κ1) is 74.3. The summed E-state index contributed by atoms with van der Waals surface area (Å²) in [5.74, 6) is -13.1. The van der Waals surface area contributed by atoms with E-state index in [1.165, 1.54) is 13.8 Å². The molecule has 3 rings (SSSR count). The summed E-state index contributed by atoms with van der Waals surface area (Å²) in [6, 6.07) is -6.85. The molecule has 11 amide bonds. The number of hydrogen-bond donors (Lipinski definition) is 16. The highest BCUT2D eigenvalue weighted by Crippen LogP contribution is 2.18. The van der Waals surface area contributed by atoms with E-state index in [0.717, 1.165) is 5.56 Å². The van der Waals surface area contributed by atoms with Crippen LogP contribution in [0, 0.1) is 23.7 Å². The first-order valence-corrected chi connectivity index (χ1v) is 30.1. The maximum Gasteiger partial charge on any atom is 0.329 e. The minimum atomic E-state index is -1.82. The monoisotopic (exact) mass is 1240 g/mol. The van der Waals surface area contributed by atoms with Crippen LogP contribution < -0.4 is 75.3 Å². The van der Waals surface area contributed by atoms with E-state index in [-0.39, 0.29) is 31.8 Å². The van der Waals surface area contributed by atoms with Crippen molar-refractivity contribution in [1.82, 2.24) is 63.8 Å². The number of likely N-dealkylation sites (N-methyl/N-ethyl adjacent to an activating group) is 1. The number of aliphatic imine (C=N–C) groups is 1. The Morgan fingerprint density at radius 3 is 1.59 bits per heavy atom. The SMILES string of the molecule is CC[C@@H](C)[C@@H](NC(=O)[C@@H](CCC(N)=O)NC(=O)[C@H](CO)NC(=O)[C@@H](NC(=O)[C@@H](Cc1ccccc1)NC)[C@@H](C)CC)C(=O)N[C@H](C(=O)N[C@@H](CO)C(=O)NC1C(=O)N[C@@H](C)C(=O)N[C@@H](C[C@H]2CN=C(N)N2)C(=O)N[C@@H]([C@@H](C)CC)C(=O)OC1C)[C@@H](C)CC. The van der Waals surface area contributed by atoms with Crippen molar-refractivity contribution in [3.8, 4) is 0 Å². The second-order valence-corrected chi connectivity index (χ2v) is 22.8. The molecule has 1 saturated heterocycles. The number of nitrogens with one attached hydrogen (secondary N) is 12. The van der Waals surface area contributed by atoms with Crippen molar-refractivity contribution >= 4 is 76.9 Å². The highest BCUT2D eigenvalue weighted by molar-refractivity contribution is 5.99. The zero-order chi connectivity index (χ0) is 66.1. The van der Waals surface area contributed by atoms with Crippen LogP contribution in [-0.4, -0.2) is 193 Å². The van der Waals surface area contributed by atoms with Gasteiger partial charge in [0.1, 0.15) is 66.5 Å². The third kappa shape index (κ3) is 22.3. The second-order valence-electron chi connectivity index (χ2n) is 22.8. The molecule has 2 unspecified atom stereocenters. The molecule has 30 heteroatoms. The van der Waals surface area contributed by atoms with E-state index < -0.39 is 199 Å². The van der Waals surface area contributed by atoms with Crippen LogP contribution in [0.3, 0.4) is 0 Å². The van der Waals surface area contributed by atoms with Crippen molar-refractivity contribution in [2.24, 2.45) is 40.1 Å². The summed E-state index contributed by atoms with van der Waals surface area (Å²) in [4.78, 5) is 170. The summed E-state index contributed by atoms with van der Waals surface area (Å²) in [7, 11) is 1.60. The number of aliphatic hydroxyl groups is 2. The number of ether oxygens (including phenoxy) is 1. The van der Waals surface area contributed by atoms with Crippen molar-refractivity contribution in [2.45, 2.75) is 199 Å². The van der Waals surface area contributed by atoms with Crippen LogP contribution in [0.25, 0.3) is 0 Å². The average Bonchev–Trinajstić information content (AvgIpc) is 3.57. The maximum atomic E-state index is 14.4. The molecule has 2 aliphatic heterocycles. The highest BCUT2D eigenvalue weighted by Gasteiger charge is 2.41. The van der Waals surface area contributed by atoms with Crippen molar-refractivity contribution in [3.63, 3.8) is 0 Å². The molecule has 0 radical (unpaired) electrons. The van der Waals surface area contributed by atoms with Crippen molar-refractivity contribution in [2.75, 3.05) is 26.8 Å². The Morgan fingerprint density at radius 1 is 0.625 bits per heavy atom. The number of rotatable bonds is 32. The average molecular weight is 1240 g/mol. The van der Waals surface area contributed by atoms with E-state index in [1.54, 1.807) is 62.4 Å². The molecule has 30 nitrogen and oxygen atoms in total. The molecule has 2 aliphatic rings. The van der Waals surface area contributed by atoms with Crippen LogP contribution in [0.1, 0.15) is 120 Å². The predicted molar refractivity (Wildman–Crippen MR) is 322 cm³/mol. The number of guanidine groups is 1. The number of cyclic esters (lactones) is 1. The van der Waals surface area contributed by atoms with Crippen LogP contribution in [0.15, 0.2) is 35.3 Å². The number of carbonyl (C=O) groups excluding carboxylic acids is 12. The van der Waals surface area contributed by atoms with Gasteiger partial charge in [0.2, 0.25) is 65.0 Å². The van der Waals surface area contributed by atoms with Crippen molar-refractivity contribution < 1.29 is 72.5 Å². The molecule has 88 heavy (non-hydrogen) atoms. The minimum absolute atomic E-state index is 0.0104. The van der Waals surface area contributed by atoms with E-state index >= 15 is 0 Å². The Labute approximate surface area is 513 Å². The van der Waals surface area contributed by atoms with Gasteiger partial charge in [-0.05, 0) is 69.4 Å². The summed E-state index contributed by atoms with van der Waals surface area (Å²) in [6.07, 6.45) is -0.755. The number of aliphatic hydroxyl groups excluding tert-OH is 2. The lowest BCUT2D eigenvalue weighted by atomic mass is 9.94. The first-order chi connectivity index (χ1) is 41.6. The van der Waals surface area contributed by atoms with Crippen LogP contribution in [-0.2, 0) is 68.7 Å². The van der Waals surface area contributed by atoms with Crippen LogP contribution >= 0.6 is 0 Å². The Hall–Kier alpha value is -7.99. The van der Waals surface area contributed by atoms with Crippen LogP contribution in [0.2, 0.25) is 0 Å². The Bertz CT molecular complexity index is 2610. The van der Waals surface area contributed by atoms with Gasteiger partial charge in [0.15, 0.2) is 5.96 Å². The molecule has 0 bridgehead atoms.